The summed E-state index contributed by atoms with van der Waals surface area (Å²) in [6, 6.07) is 9.88. The first kappa shape index (κ1) is 13.4. The Morgan fingerprint density at radius 3 is 2.13 bits per heavy atom. The zero-order chi connectivity index (χ0) is 11.7. The summed E-state index contributed by atoms with van der Waals surface area (Å²) < 4.78 is 0. The van der Waals surface area contributed by atoms with Crippen molar-refractivity contribution in [1.82, 2.24) is 0 Å². The van der Waals surface area contributed by atoms with Crippen LogP contribution in [0.4, 0.5) is 0 Å². The number of hydrogen-bond acceptors (Lipinski definition) is 2. The maximum absolute atomic E-state index is 4.95. The maximum atomic E-state index is 4.95. The van der Waals surface area contributed by atoms with Crippen molar-refractivity contribution in [2.24, 2.45) is 5.16 Å². The third kappa shape index (κ3) is 5.68. The van der Waals surface area contributed by atoms with Gasteiger partial charge in [0.1, 0.15) is 5.76 Å². The second-order valence-corrected chi connectivity index (χ2v) is 2.84. The van der Waals surface area contributed by atoms with E-state index in [1.807, 2.05) is 51.1 Å². The van der Waals surface area contributed by atoms with Crippen LogP contribution in [-0.4, -0.2) is 5.71 Å². The Kier molecular flexibility index (Phi) is 6.98. The largest absolute Gasteiger partial charge is 0.362 e. The standard InChI is InChI=1S/C11H13NO.C2H6/c1-9(2)13-12-10(3)11-7-5-4-6-8-11;1-2/h4-8H,1H2,2-3H3;1-2H3/b12-10+;. The highest BCUT2D eigenvalue weighted by atomic mass is 16.6. The van der Waals surface area contributed by atoms with E-state index in [9.17, 15) is 0 Å². The summed E-state index contributed by atoms with van der Waals surface area (Å²) in [5, 5.41) is 3.91. The summed E-state index contributed by atoms with van der Waals surface area (Å²) in [5.74, 6) is 0.593. The molecule has 0 aliphatic rings. The van der Waals surface area contributed by atoms with E-state index in [2.05, 4.69) is 11.7 Å². The molecule has 0 aromatic heterocycles. The molecule has 1 rings (SSSR count). The second kappa shape index (κ2) is 7.80. The van der Waals surface area contributed by atoms with Crippen LogP contribution in [0, 0.1) is 0 Å². The van der Waals surface area contributed by atoms with E-state index in [-0.39, 0.29) is 0 Å². The quantitative estimate of drug-likeness (QED) is 0.415. The molecule has 0 heterocycles. The molecule has 0 amide bonds. The van der Waals surface area contributed by atoms with Gasteiger partial charge in [-0.25, -0.2) is 0 Å². The molecule has 1 aromatic carbocycles. The predicted molar refractivity (Wildman–Crippen MR) is 65.9 cm³/mol. The zero-order valence-corrected chi connectivity index (χ0v) is 9.95. The van der Waals surface area contributed by atoms with E-state index >= 15 is 0 Å². The Balaban J connectivity index is 0.000000921. The molecule has 0 aliphatic heterocycles. The van der Waals surface area contributed by atoms with Crippen molar-refractivity contribution in [2.75, 3.05) is 0 Å². The van der Waals surface area contributed by atoms with Crippen LogP contribution in [-0.2, 0) is 4.84 Å². The van der Waals surface area contributed by atoms with E-state index in [0.717, 1.165) is 11.3 Å². The van der Waals surface area contributed by atoms with Gasteiger partial charge in [-0.2, -0.15) is 0 Å². The van der Waals surface area contributed by atoms with Crippen molar-refractivity contribution in [2.45, 2.75) is 27.7 Å². The Labute approximate surface area is 92.3 Å². The van der Waals surface area contributed by atoms with Crippen molar-refractivity contribution < 1.29 is 4.84 Å². The van der Waals surface area contributed by atoms with Crippen molar-refractivity contribution in [1.29, 1.82) is 0 Å². The van der Waals surface area contributed by atoms with E-state index in [1.165, 1.54) is 0 Å². The highest BCUT2D eigenvalue weighted by Gasteiger charge is 1.95. The summed E-state index contributed by atoms with van der Waals surface area (Å²) >= 11 is 0. The average Bonchev–Trinajstić information content (AvgIpc) is 2.30. The van der Waals surface area contributed by atoms with Gasteiger partial charge in [0.15, 0.2) is 0 Å². The van der Waals surface area contributed by atoms with Gasteiger partial charge in [-0.05, 0) is 19.4 Å². The lowest BCUT2D eigenvalue weighted by Crippen LogP contribution is -1.94. The molecule has 2 nitrogen and oxygen atoms in total. The topological polar surface area (TPSA) is 21.6 Å². The number of nitrogens with zero attached hydrogens (tertiary/aromatic N) is 1. The first-order valence-electron chi connectivity index (χ1n) is 5.12. The molecule has 0 bridgehead atoms. The SMILES string of the molecule is C=C(C)O/N=C(\C)c1ccccc1.CC. The number of benzene rings is 1. The average molecular weight is 205 g/mol. The van der Waals surface area contributed by atoms with Gasteiger partial charge in [0.2, 0.25) is 0 Å². The smallest absolute Gasteiger partial charge is 0.124 e. The lowest BCUT2D eigenvalue weighted by Gasteiger charge is -2.00. The molecule has 0 radical (unpaired) electrons. The molecule has 0 unspecified atom stereocenters. The summed E-state index contributed by atoms with van der Waals surface area (Å²) in [4.78, 5) is 4.95. The van der Waals surface area contributed by atoms with Crippen LogP contribution < -0.4 is 0 Å². The molecule has 0 aliphatic carbocycles. The Bertz CT molecular complexity index is 315. The highest BCUT2D eigenvalue weighted by molar-refractivity contribution is 5.98. The fraction of sp³-hybridized carbons (Fsp3) is 0.308. The molecule has 15 heavy (non-hydrogen) atoms. The molecule has 2 heteroatoms. The van der Waals surface area contributed by atoms with Gasteiger partial charge >= 0.3 is 0 Å². The molecule has 1 aromatic rings. The van der Waals surface area contributed by atoms with Gasteiger partial charge < -0.3 is 4.84 Å². The first-order chi connectivity index (χ1) is 7.20. The number of hydrogen-bond donors (Lipinski definition) is 0. The third-order valence-electron chi connectivity index (χ3n) is 1.53. The number of rotatable bonds is 3. The van der Waals surface area contributed by atoms with Crippen LogP contribution in [0.2, 0.25) is 0 Å². The molecule has 0 saturated carbocycles. The van der Waals surface area contributed by atoms with E-state index < -0.39 is 0 Å². The minimum absolute atomic E-state index is 0.593. The fourth-order valence-corrected chi connectivity index (χ4v) is 0.878. The van der Waals surface area contributed by atoms with Crippen molar-refractivity contribution in [3.05, 3.63) is 48.2 Å². The van der Waals surface area contributed by atoms with Crippen molar-refractivity contribution in [3.8, 4) is 0 Å². The summed E-state index contributed by atoms with van der Waals surface area (Å²) in [6.07, 6.45) is 0. The van der Waals surface area contributed by atoms with Gasteiger partial charge in [0.05, 0.1) is 5.71 Å². The fourth-order valence-electron chi connectivity index (χ4n) is 0.878. The van der Waals surface area contributed by atoms with Gasteiger partial charge in [0.25, 0.3) is 0 Å². The van der Waals surface area contributed by atoms with Gasteiger partial charge in [-0.1, -0.05) is 55.9 Å². The van der Waals surface area contributed by atoms with Gasteiger partial charge in [-0.3, -0.25) is 0 Å². The van der Waals surface area contributed by atoms with Gasteiger partial charge in [-0.15, -0.1) is 0 Å². The summed E-state index contributed by atoms with van der Waals surface area (Å²) in [7, 11) is 0. The van der Waals surface area contributed by atoms with Crippen LogP contribution >= 0.6 is 0 Å². The zero-order valence-electron chi connectivity index (χ0n) is 9.95. The minimum Gasteiger partial charge on any atom is -0.362 e. The molecule has 82 valence electrons. The molecular formula is C13H19NO. The Hall–Kier alpha value is -1.57. The molecule has 0 atom stereocenters. The van der Waals surface area contributed by atoms with Crippen molar-refractivity contribution >= 4 is 5.71 Å². The maximum Gasteiger partial charge on any atom is 0.124 e. The summed E-state index contributed by atoms with van der Waals surface area (Å²) in [6.45, 7) is 11.3. The predicted octanol–water partition coefficient (Wildman–Crippen LogP) is 3.99. The van der Waals surface area contributed by atoms with Crippen LogP contribution in [0.3, 0.4) is 0 Å². The molecule has 0 N–H and O–H groups in total. The molecule has 0 spiro atoms. The minimum atomic E-state index is 0.593. The highest BCUT2D eigenvalue weighted by Crippen LogP contribution is 2.02. The molecular weight excluding hydrogens is 186 g/mol. The molecule has 0 saturated heterocycles. The van der Waals surface area contributed by atoms with E-state index in [0.29, 0.717) is 5.76 Å². The first-order valence-corrected chi connectivity index (χ1v) is 5.12. The monoisotopic (exact) mass is 205 g/mol. The second-order valence-electron chi connectivity index (χ2n) is 2.84. The molecule has 0 fully saturated rings. The van der Waals surface area contributed by atoms with Crippen LogP contribution in [0.5, 0.6) is 0 Å². The van der Waals surface area contributed by atoms with E-state index in [1.54, 1.807) is 6.92 Å². The lowest BCUT2D eigenvalue weighted by molar-refractivity contribution is 0.231. The normalized spacial score (nSPS) is 10.0. The number of oxime groups is 1. The number of allylic oxidation sites excluding steroid dienone is 1. The van der Waals surface area contributed by atoms with Crippen LogP contribution in [0.1, 0.15) is 33.3 Å². The third-order valence-corrected chi connectivity index (χ3v) is 1.53. The Morgan fingerprint density at radius 1 is 1.13 bits per heavy atom. The van der Waals surface area contributed by atoms with Crippen LogP contribution in [0.25, 0.3) is 0 Å². The summed E-state index contributed by atoms with van der Waals surface area (Å²) in [5.41, 5.74) is 1.91. The Morgan fingerprint density at radius 2 is 1.67 bits per heavy atom. The van der Waals surface area contributed by atoms with E-state index in [4.69, 9.17) is 4.84 Å². The van der Waals surface area contributed by atoms with Crippen molar-refractivity contribution in [3.63, 3.8) is 0 Å². The lowest BCUT2D eigenvalue weighted by atomic mass is 10.1. The van der Waals surface area contributed by atoms with Gasteiger partial charge in [0, 0.05) is 0 Å². The van der Waals surface area contributed by atoms with Crippen LogP contribution in [0.15, 0.2) is 47.8 Å².